The van der Waals surface area contributed by atoms with Crippen LogP contribution < -0.4 is 0 Å². The first-order valence-corrected chi connectivity index (χ1v) is 6.16. The third-order valence-electron chi connectivity index (χ3n) is 3.08. The molecule has 0 saturated carbocycles. The van der Waals surface area contributed by atoms with Crippen LogP contribution >= 0.6 is 24.4 Å². The Labute approximate surface area is 97.2 Å². The number of carboxylic acids is 1. The van der Waals surface area contributed by atoms with Crippen LogP contribution in [0.15, 0.2) is 0 Å². The Morgan fingerprint density at radius 2 is 2.13 bits per heavy atom. The first-order valence-electron chi connectivity index (χ1n) is 4.70. The second-order valence-electron chi connectivity index (χ2n) is 3.86. The van der Waals surface area contributed by atoms with Crippen molar-refractivity contribution in [2.45, 2.75) is 22.2 Å². The zero-order valence-electron chi connectivity index (χ0n) is 8.12. The van der Waals surface area contributed by atoms with E-state index in [1.54, 1.807) is 11.8 Å². The highest BCUT2D eigenvalue weighted by molar-refractivity contribution is 8.02. The van der Waals surface area contributed by atoms with E-state index in [4.69, 9.17) is 5.11 Å². The Morgan fingerprint density at radius 3 is 2.67 bits per heavy atom. The molecule has 2 heterocycles. The van der Waals surface area contributed by atoms with Gasteiger partial charge in [0.25, 0.3) is 0 Å². The van der Waals surface area contributed by atoms with Crippen molar-refractivity contribution in [2.75, 3.05) is 7.11 Å². The number of carbonyl (C=O) groups is 2. The van der Waals surface area contributed by atoms with Crippen molar-refractivity contribution in [3.63, 3.8) is 0 Å². The first-order chi connectivity index (χ1) is 7.06. The third kappa shape index (κ3) is 1.63. The molecule has 2 bridgehead atoms. The van der Waals surface area contributed by atoms with E-state index in [-0.39, 0.29) is 15.7 Å². The van der Waals surface area contributed by atoms with Gasteiger partial charge >= 0.3 is 11.9 Å². The summed E-state index contributed by atoms with van der Waals surface area (Å²) in [6.07, 6.45) is 0.794. The molecule has 0 aromatic rings. The van der Waals surface area contributed by atoms with Gasteiger partial charge in [0.15, 0.2) is 0 Å². The van der Waals surface area contributed by atoms with E-state index in [9.17, 15) is 9.59 Å². The number of carbonyl (C=O) groups excluding carboxylic acids is 1. The minimum Gasteiger partial charge on any atom is -0.481 e. The van der Waals surface area contributed by atoms with Crippen LogP contribution in [0.3, 0.4) is 0 Å². The maximum absolute atomic E-state index is 11.5. The average Bonchev–Trinajstić information content (AvgIpc) is 2.71. The summed E-state index contributed by atoms with van der Waals surface area (Å²) in [6, 6.07) is 0. The lowest BCUT2D eigenvalue weighted by Gasteiger charge is -2.27. The van der Waals surface area contributed by atoms with E-state index in [2.05, 4.69) is 17.4 Å². The Morgan fingerprint density at radius 1 is 1.47 bits per heavy atom. The lowest BCUT2D eigenvalue weighted by Crippen LogP contribution is -2.42. The standard InChI is InChI=1S/C9H12O4S2/c1-13-9(12)5-4-2-3(14)7(15-4)6(5)8(10)11/h3-7,14H,2H2,1H3,(H,10,11). The molecule has 84 valence electrons. The molecule has 0 aromatic carbocycles. The summed E-state index contributed by atoms with van der Waals surface area (Å²) >= 11 is 5.92. The molecule has 2 aliphatic rings. The van der Waals surface area contributed by atoms with Gasteiger partial charge in [0.2, 0.25) is 0 Å². The van der Waals surface area contributed by atoms with Gasteiger partial charge in [-0.1, -0.05) is 0 Å². The van der Waals surface area contributed by atoms with E-state index in [1.165, 1.54) is 7.11 Å². The number of methoxy groups -OCH3 is 1. The topological polar surface area (TPSA) is 63.6 Å². The van der Waals surface area contributed by atoms with Gasteiger partial charge in [0, 0.05) is 15.7 Å². The summed E-state index contributed by atoms with van der Waals surface area (Å²) < 4.78 is 4.66. The molecule has 1 N–H and O–H groups in total. The predicted octanol–water partition coefficient (Wildman–Crippen LogP) is 0.662. The summed E-state index contributed by atoms with van der Waals surface area (Å²) in [5, 5.41) is 9.20. The highest BCUT2D eigenvalue weighted by Crippen LogP contribution is 2.55. The number of rotatable bonds is 2. The van der Waals surface area contributed by atoms with Gasteiger partial charge in [0.1, 0.15) is 0 Å². The minimum absolute atomic E-state index is 0.0556. The van der Waals surface area contributed by atoms with Crippen LogP contribution in [0.2, 0.25) is 0 Å². The van der Waals surface area contributed by atoms with E-state index in [0.29, 0.717) is 0 Å². The molecule has 2 aliphatic heterocycles. The maximum atomic E-state index is 11.5. The fraction of sp³-hybridized carbons (Fsp3) is 0.778. The van der Waals surface area contributed by atoms with Gasteiger partial charge < -0.3 is 9.84 Å². The molecule has 0 radical (unpaired) electrons. The Hall–Kier alpha value is -0.360. The van der Waals surface area contributed by atoms with Crippen LogP contribution in [-0.2, 0) is 14.3 Å². The summed E-state index contributed by atoms with van der Waals surface area (Å²) in [7, 11) is 1.30. The van der Waals surface area contributed by atoms with Crippen molar-refractivity contribution in [3.8, 4) is 0 Å². The second-order valence-corrected chi connectivity index (χ2v) is 5.94. The van der Waals surface area contributed by atoms with Gasteiger partial charge in [-0.15, -0.1) is 0 Å². The van der Waals surface area contributed by atoms with E-state index < -0.39 is 23.8 Å². The van der Waals surface area contributed by atoms with E-state index in [1.807, 2.05) is 0 Å². The number of esters is 1. The van der Waals surface area contributed by atoms with Crippen molar-refractivity contribution in [1.82, 2.24) is 0 Å². The van der Waals surface area contributed by atoms with Crippen molar-refractivity contribution in [1.29, 1.82) is 0 Å². The fourth-order valence-electron chi connectivity index (χ4n) is 2.44. The molecule has 2 rings (SSSR count). The number of aliphatic carboxylic acids is 1. The summed E-state index contributed by atoms with van der Waals surface area (Å²) in [6.45, 7) is 0. The van der Waals surface area contributed by atoms with E-state index >= 15 is 0 Å². The average molecular weight is 248 g/mol. The van der Waals surface area contributed by atoms with Crippen molar-refractivity contribution < 1.29 is 19.4 Å². The van der Waals surface area contributed by atoms with Crippen LogP contribution in [0.25, 0.3) is 0 Å². The van der Waals surface area contributed by atoms with Gasteiger partial charge in [-0.2, -0.15) is 24.4 Å². The molecule has 15 heavy (non-hydrogen) atoms. The monoisotopic (exact) mass is 248 g/mol. The molecule has 0 aliphatic carbocycles. The summed E-state index contributed by atoms with van der Waals surface area (Å²) in [4.78, 5) is 22.6. The molecule has 0 amide bonds. The summed E-state index contributed by atoms with van der Waals surface area (Å²) in [5.41, 5.74) is 0. The number of carboxylic acid groups (broad SMARTS) is 1. The van der Waals surface area contributed by atoms with Gasteiger partial charge in [-0.3, -0.25) is 9.59 Å². The summed E-state index contributed by atoms with van der Waals surface area (Å²) in [5.74, 6) is -2.44. The number of thioether (sulfide) groups is 1. The van der Waals surface area contributed by atoms with Gasteiger partial charge in [-0.05, 0) is 6.42 Å². The lowest BCUT2D eigenvalue weighted by atomic mass is 9.79. The van der Waals surface area contributed by atoms with Crippen molar-refractivity contribution >= 4 is 36.3 Å². The van der Waals surface area contributed by atoms with Crippen molar-refractivity contribution in [2.24, 2.45) is 11.8 Å². The molecule has 5 unspecified atom stereocenters. The fourth-order valence-corrected chi connectivity index (χ4v) is 5.12. The van der Waals surface area contributed by atoms with Crippen molar-refractivity contribution in [3.05, 3.63) is 0 Å². The SMILES string of the molecule is COC(=O)C1C2CC(S)C(S2)C1C(=O)O. The molecular formula is C9H12O4S2. The van der Waals surface area contributed by atoms with E-state index in [0.717, 1.165) is 6.42 Å². The number of thiol groups is 1. The molecule has 6 heteroatoms. The highest BCUT2D eigenvalue weighted by Gasteiger charge is 2.58. The maximum Gasteiger partial charge on any atom is 0.310 e. The van der Waals surface area contributed by atoms with Gasteiger partial charge in [-0.25, -0.2) is 0 Å². The quantitative estimate of drug-likeness (QED) is 0.555. The molecule has 4 nitrogen and oxygen atoms in total. The van der Waals surface area contributed by atoms with Gasteiger partial charge in [0.05, 0.1) is 18.9 Å². The zero-order chi connectivity index (χ0) is 11.2. The number of hydrogen-bond acceptors (Lipinski definition) is 5. The van der Waals surface area contributed by atoms with Crippen LogP contribution in [0, 0.1) is 11.8 Å². The Balaban J connectivity index is 2.24. The minimum atomic E-state index is -0.913. The number of ether oxygens (including phenoxy) is 1. The Kier molecular flexibility index (Phi) is 2.89. The first kappa shape index (κ1) is 11.1. The molecule has 0 spiro atoms. The molecular weight excluding hydrogens is 236 g/mol. The molecule has 5 atom stereocenters. The number of hydrogen-bond donors (Lipinski definition) is 2. The number of fused-ring (bicyclic) bond motifs is 2. The molecule has 2 saturated heterocycles. The highest BCUT2D eigenvalue weighted by atomic mass is 32.2. The normalized spacial score (nSPS) is 42.9. The van der Waals surface area contributed by atoms with Crippen LogP contribution in [-0.4, -0.2) is 39.9 Å². The smallest absolute Gasteiger partial charge is 0.310 e. The largest absolute Gasteiger partial charge is 0.481 e. The molecule has 2 fully saturated rings. The van der Waals surface area contributed by atoms with Crippen LogP contribution in [0.5, 0.6) is 0 Å². The zero-order valence-corrected chi connectivity index (χ0v) is 9.83. The Bertz CT molecular complexity index is 306. The molecule has 0 aromatic heterocycles. The lowest BCUT2D eigenvalue weighted by molar-refractivity contribution is -0.156. The van der Waals surface area contributed by atoms with Crippen LogP contribution in [0.1, 0.15) is 6.42 Å². The third-order valence-corrected chi connectivity index (χ3v) is 5.59. The predicted molar refractivity (Wildman–Crippen MR) is 59.2 cm³/mol. The van der Waals surface area contributed by atoms with Crippen LogP contribution in [0.4, 0.5) is 0 Å². The second kappa shape index (κ2) is 3.90.